The monoisotopic (exact) mass is 453 g/mol. The fraction of sp³-hybridized carbons (Fsp3) is 0. The number of amides is 1. The molecule has 2 nitrogen and oxygen atoms in total. The molecule has 0 aromatic heterocycles. The van der Waals surface area contributed by atoms with Gasteiger partial charge in [0.1, 0.15) is 5.82 Å². The summed E-state index contributed by atoms with van der Waals surface area (Å²) in [6.07, 6.45) is 0. The zero-order valence-corrected chi connectivity index (χ0v) is 13.9. The highest BCUT2D eigenvalue weighted by atomic mass is 127. The Morgan fingerprint density at radius 1 is 1.26 bits per heavy atom. The first-order valence-corrected chi connectivity index (χ1v) is 7.44. The Morgan fingerprint density at radius 2 is 2.00 bits per heavy atom. The normalized spacial score (nSPS) is 10.3. The molecule has 1 amide bonds. The Labute approximate surface area is 136 Å². The summed E-state index contributed by atoms with van der Waals surface area (Å²) in [5.41, 5.74) is 0.706. The lowest BCUT2D eigenvalue weighted by atomic mass is 10.2. The van der Waals surface area contributed by atoms with E-state index in [0.29, 0.717) is 15.2 Å². The van der Waals surface area contributed by atoms with Crippen molar-refractivity contribution < 1.29 is 9.18 Å². The number of nitrogens with one attached hydrogen (secondary N) is 1. The zero-order valence-electron chi connectivity index (χ0n) is 9.38. The molecule has 0 heterocycles. The Morgan fingerprint density at radius 3 is 2.68 bits per heavy atom. The summed E-state index contributed by atoms with van der Waals surface area (Å²) in [6.45, 7) is 0. The van der Waals surface area contributed by atoms with Crippen molar-refractivity contribution in [2.75, 3.05) is 5.32 Å². The topological polar surface area (TPSA) is 29.1 Å². The van der Waals surface area contributed by atoms with Crippen LogP contribution in [0, 0.1) is 9.39 Å². The predicted octanol–water partition coefficient (Wildman–Crippen LogP) is 5.10. The molecule has 0 aliphatic heterocycles. The highest BCUT2D eigenvalue weighted by Gasteiger charge is 2.13. The fourth-order valence-electron chi connectivity index (χ4n) is 1.45. The fourth-order valence-corrected chi connectivity index (χ4v) is 2.78. The van der Waals surface area contributed by atoms with Crippen LogP contribution in [0.4, 0.5) is 10.1 Å². The third-order valence-corrected chi connectivity index (χ3v) is 4.03. The molecule has 0 fully saturated rings. The molecule has 0 aliphatic carbocycles. The van der Waals surface area contributed by atoms with E-state index in [1.807, 2.05) is 6.07 Å². The smallest absolute Gasteiger partial charge is 0.256 e. The first-order chi connectivity index (χ1) is 8.97. The van der Waals surface area contributed by atoms with E-state index in [9.17, 15) is 9.18 Å². The van der Waals surface area contributed by atoms with Gasteiger partial charge in [0.25, 0.3) is 5.91 Å². The highest BCUT2D eigenvalue weighted by Crippen LogP contribution is 2.25. The van der Waals surface area contributed by atoms with E-state index in [0.717, 1.165) is 3.57 Å². The lowest BCUT2D eigenvalue weighted by Crippen LogP contribution is -2.13. The van der Waals surface area contributed by atoms with Crippen molar-refractivity contribution >= 4 is 61.7 Å². The van der Waals surface area contributed by atoms with Crippen LogP contribution in [-0.4, -0.2) is 5.91 Å². The van der Waals surface area contributed by atoms with Gasteiger partial charge in [-0.1, -0.05) is 11.6 Å². The van der Waals surface area contributed by atoms with Crippen LogP contribution < -0.4 is 5.32 Å². The standard InChI is InChI=1S/C13H7BrClFINO/c14-10-3-1-7(16)5-9(10)13(19)18-12-4-2-8(17)6-11(12)15/h1-6H,(H,18,19). The predicted molar refractivity (Wildman–Crippen MR) is 86.2 cm³/mol. The zero-order chi connectivity index (χ0) is 14.0. The first-order valence-electron chi connectivity index (χ1n) is 5.19. The van der Waals surface area contributed by atoms with Crippen LogP contribution in [0.1, 0.15) is 10.4 Å². The molecular formula is C13H7BrClFINO. The largest absolute Gasteiger partial charge is 0.321 e. The number of benzene rings is 2. The minimum atomic E-state index is -0.470. The number of carbonyl (C=O) groups is 1. The average Bonchev–Trinajstić information content (AvgIpc) is 2.35. The first kappa shape index (κ1) is 14.7. The average molecular weight is 454 g/mol. The van der Waals surface area contributed by atoms with Crippen LogP contribution in [0.3, 0.4) is 0 Å². The molecule has 0 saturated heterocycles. The summed E-state index contributed by atoms with van der Waals surface area (Å²) in [7, 11) is 0. The van der Waals surface area contributed by atoms with Crippen molar-refractivity contribution in [1.82, 2.24) is 0 Å². The van der Waals surface area contributed by atoms with Crippen molar-refractivity contribution in [3.63, 3.8) is 0 Å². The molecule has 0 bridgehead atoms. The van der Waals surface area contributed by atoms with E-state index in [-0.39, 0.29) is 5.56 Å². The molecule has 0 saturated carbocycles. The molecule has 2 aromatic rings. The van der Waals surface area contributed by atoms with Crippen molar-refractivity contribution in [3.05, 3.63) is 60.8 Å². The molecule has 19 heavy (non-hydrogen) atoms. The summed E-state index contributed by atoms with van der Waals surface area (Å²) in [4.78, 5) is 12.1. The Kier molecular flexibility index (Phi) is 4.81. The number of rotatable bonds is 2. The Hall–Kier alpha value is -0.660. The van der Waals surface area contributed by atoms with Gasteiger partial charge in [0.05, 0.1) is 16.3 Å². The second kappa shape index (κ2) is 6.19. The van der Waals surface area contributed by atoms with Gasteiger partial charge in [-0.25, -0.2) is 4.39 Å². The Balaban J connectivity index is 2.28. The van der Waals surface area contributed by atoms with Crippen molar-refractivity contribution in [2.24, 2.45) is 0 Å². The molecule has 6 heteroatoms. The van der Waals surface area contributed by atoms with Crippen LogP contribution in [0.15, 0.2) is 40.9 Å². The van der Waals surface area contributed by atoms with Gasteiger partial charge in [-0.3, -0.25) is 4.79 Å². The second-order valence-corrected chi connectivity index (χ2v) is 6.21. The number of carbonyl (C=O) groups excluding carboxylic acids is 1. The van der Waals surface area contributed by atoms with Crippen molar-refractivity contribution in [2.45, 2.75) is 0 Å². The molecule has 2 rings (SSSR count). The van der Waals surface area contributed by atoms with Crippen LogP contribution in [0.5, 0.6) is 0 Å². The van der Waals surface area contributed by atoms with E-state index in [1.165, 1.54) is 18.2 Å². The number of hydrogen-bond acceptors (Lipinski definition) is 1. The minimum Gasteiger partial charge on any atom is -0.321 e. The van der Waals surface area contributed by atoms with Gasteiger partial charge in [0, 0.05) is 8.04 Å². The van der Waals surface area contributed by atoms with Crippen LogP contribution in [0.2, 0.25) is 5.02 Å². The van der Waals surface area contributed by atoms with E-state index in [1.54, 1.807) is 12.1 Å². The van der Waals surface area contributed by atoms with Crippen LogP contribution in [-0.2, 0) is 0 Å². The Bertz CT molecular complexity index is 651. The number of hydrogen-bond donors (Lipinski definition) is 1. The van der Waals surface area contributed by atoms with E-state index < -0.39 is 11.7 Å². The molecule has 0 spiro atoms. The summed E-state index contributed by atoms with van der Waals surface area (Å²) >= 11 is 11.4. The van der Waals surface area contributed by atoms with E-state index in [4.69, 9.17) is 11.6 Å². The molecule has 98 valence electrons. The highest BCUT2D eigenvalue weighted by molar-refractivity contribution is 14.1. The van der Waals surface area contributed by atoms with Gasteiger partial charge in [0.2, 0.25) is 0 Å². The molecule has 2 aromatic carbocycles. The molecule has 1 N–H and O–H groups in total. The van der Waals surface area contributed by atoms with Gasteiger partial charge in [-0.2, -0.15) is 0 Å². The maximum atomic E-state index is 13.2. The summed E-state index contributed by atoms with van der Waals surface area (Å²) < 4.78 is 14.6. The van der Waals surface area contributed by atoms with Gasteiger partial charge in [-0.05, 0) is 74.9 Å². The minimum absolute atomic E-state index is 0.217. The SMILES string of the molecule is O=C(Nc1ccc(I)cc1Cl)c1cc(F)ccc1Br. The second-order valence-electron chi connectivity index (χ2n) is 3.70. The van der Waals surface area contributed by atoms with Crippen LogP contribution in [0.25, 0.3) is 0 Å². The maximum Gasteiger partial charge on any atom is 0.256 e. The van der Waals surface area contributed by atoms with E-state index in [2.05, 4.69) is 43.8 Å². The molecule has 0 atom stereocenters. The summed E-state index contributed by atoms with van der Waals surface area (Å²) in [5.74, 6) is -0.892. The van der Waals surface area contributed by atoms with E-state index >= 15 is 0 Å². The van der Waals surface area contributed by atoms with Crippen LogP contribution >= 0.6 is 50.1 Å². The van der Waals surface area contributed by atoms with Gasteiger partial charge in [0.15, 0.2) is 0 Å². The lowest BCUT2D eigenvalue weighted by Gasteiger charge is -2.09. The molecule has 0 radical (unpaired) electrons. The quantitative estimate of drug-likeness (QED) is 0.629. The summed E-state index contributed by atoms with van der Waals surface area (Å²) in [6, 6.07) is 9.19. The number of halogens is 4. The lowest BCUT2D eigenvalue weighted by molar-refractivity contribution is 0.102. The maximum absolute atomic E-state index is 13.2. The number of anilines is 1. The molecule has 0 unspecified atom stereocenters. The summed E-state index contributed by atoms with van der Waals surface area (Å²) in [5, 5.41) is 3.09. The molecule has 0 aliphatic rings. The van der Waals surface area contributed by atoms with Gasteiger partial charge < -0.3 is 5.32 Å². The molecular weight excluding hydrogens is 447 g/mol. The van der Waals surface area contributed by atoms with Gasteiger partial charge in [-0.15, -0.1) is 0 Å². The third-order valence-electron chi connectivity index (χ3n) is 2.35. The van der Waals surface area contributed by atoms with Crippen molar-refractivity contribution in [1.29, 1.82) is 0 Å². The van der Waals surface area contributed by atoms with Gasteiger partial charge >= 0.3 is 0 Å². The third kappa shape index (κ3) is 3.67. The van der Waals surface area contributed by atoms with Crippen molar-refractivity contribution in [3.8, 4) is 0 Å².